The molecule has 0 fully saturated rings. The van der Waals surface area contributed by atoms with E-state index in [1.54, 1.807) is 20.8 Å². The zero-order chi connectivity index (χ0) is 17.3. The highest BCUT2D eigenvalue weighted by Crippen LogP contribution is 2.23. The fourth-order valence-electron chi connectivity index (χ4n) is 2.28. The second kappa shape index (κ2) is 9.30. The van der Waals surface area contributed by atoms with Crippen LogP contribution in [0.25, 0.3) is 0 Å². The average Bonchev–Trinajstić information content (AvgIpc) is 2.45. The number of Topliss-reactive ketones (excluding diaryl/α,β-unsaturated/α-hetero) is 1. The van der Waals surface area contributed by atoms with Gasteiger partial charge in [0, 0.05) is 11.5 Å². The van der Waals surface area contributed by atoms with Crippen LogP contribution in [-0.2, 0) is 14.4 Å². The Bertz CT molecular complexity index is 486. The fourth-order valence-corrected chi connectivity index (χ4v) is 2.28. The van der Waals surface area contributed by atoms with Crippen molar-refractivity contribution in [2.24, 2.45) is 16.8 Å². The number of oxime groups is 1. The maximum absolute atomic E-state index is 12.5. The third-order valence-corrected chi connectivity index (χ3v) is 3.31. The van der Waals surface area contributed by atoms with E-state index in [1.165, 1.54) is 0 Å². The normalized spacial score (nSPS) is 16.5. The summed E-state index contributed by atoms with van der Waals surface area (Å²) in [5, 5.41) is 3.83. The zero-order valence-electron chi connectivity index (χ0n) is 14.5. The van der Waals surface area contributed by atoms with Crippen LogP contribution in [0.2, 0.25) is 0 Å². The van der Waals surface area contributed by atoms with E-state index >= 15 is 0 Å². The van der Waals surface area contributed by atoms with Gasteiger partial charge in [0.1, 0.15) is 11.3 Å². The summed E-state index contributed by atoms with van der Waals surface area (Å²) in [4.78, 5) is 27.6. The summed E-state index contributed by atoms with van der Waals surface area (Å²) in [6.45, 7) is 11.3. The minimum Gasteiger partial charge on any atom is -0.321 e. The molecule has 0 radical (unpaired) electrons. The predicted octanol–water partition coefficient (Wildman–Crippen LogP) is 3.15. The van der Waals surface area contributed by atoms with Crippen molar-refractivity contribution in [2.75, 3.05) is 0 Å². The maximum Gasteiger partial charge on any atom is 0.323 e. The van der Waals surface area contributed by atoms with Crippen LogP contribution in [0.3, 0.4) is 0 Å². The lowest BCUT2D eigenvalue weighted by atomic mass is 9.80. The van der Waals surface area contributed by atoms with Crippen LogP contribution in [0, 0.1) is 5.92 Å². The van der Waals surface area contributed by atoms with E-state index in [0.717, 1.165) is 24.0 Å². The van der Waals surface area contributed by atoms with Gasteiger partial charge in [-0.25, -0.2) is 0 Å². The summed E-state index contributed by atoms with van der Waals surface area (Å²) < 4.78 is 0. The van der Waals surface area contributed by atoms with Gasteiger partial charge in [-0.2, -0.15) is 0 Å². The third-order valence-electron chi connectivity index (χ3n) is 3.31. The van der Waals surface area contributed by atoms with Crippen molar-refractivity contribution in [1.82, 2.24) is 0 Å². The molecule has 22 heavy (non-hydrogen) atoms. The average molecular weight is 308 g/mol. The number of nitrogens with zero attached hydrogens (tertiary/aromatic N) is 1. The quantitative estimate of drug-likeness (QED) is 0.233. The van der Waals surface area contributed by atoms with Gasteiger partial charge in [-0.1, -0.05) is 45.0 Å². The van der Waals surface area contributed by atoms with E-state index in [1.807, 2.05) is 32.9 Å². The maximum atomic E-state index is 12.5. The molecular weight excluding hydrogens is 280 g/mol. The van der Waals surface area contributed by atoms with Crippen molar-refractivity contribution in [1.29, 1.82) is 0 Å². The lowest BCUT2D eigenvalue weighted by molar-refractivity contribution is -0.129. The molecule has 0 aromatic rings. The molecule has 0 spiro atoms. The first-order valence-corrected chi connectivity index (χ1v) is 7.62. The number of carbonyl (C=O) groups excluding carboxylic acids is 2. The molecule has 0 aliphatic heterocycles. The molecule has 0 aliphatic carbocycles. The Morgan fingerprint density at radius 2 is 1.82 bits per heavy atom. The number of allylic oxidation sites excluding steroid dienone is 3. The monoisotopic (exact) mass is 308 g/mol. The number of hydrogen-bond donors (Lipinski definition) is 1. The van der Waals surface area contributed by atoms with E-state index < -0.39 is 5.54 Å². The zero-order valence-corrected chi connectivity index (χ0v) is 14.5. The molecule has 0 aromatic carbocycles. The Hall–Kier alpha value is -1.75. The Morgan fingerprint density at radius 1 is 1.27 bits per heavy atom. The van der Waals surface area contributed by atoms with Crippen LogP contribution >= 0.6 is 0 Å². The van der Waals surface area contributed by atoms with E-state index in [4.69, 9.17) is 5.73 Å². The summed E-state index contributed by atoms with van der Waals surface area (Å²) in [5.41, 5.74) is 6.91. The highest BCUT2D eigenvalue weighted by atomic mass is 16.7. The summed E-state index contributed by atoms with van der Waals surface area (Å²) in [5.74, 6) is -0.415. The fraction of sp³-hybridized carbons (Fsp3) is 0.588. The Balaban J connectivity index is 6.10. The summed E-state index contributed by atoms with van der Waals surface area (Å²) in [6, 6.07) is 0. The summed E-state index contributed by atoms with van der Waals surface area (Å²) in [7, 11) is 0. The summed E-state index contributed by atoms with van der Waals surface area (Å²) in [6.07, 6.45) is 5.55. The van der Waals surface area contributed by atoms with Crippen molar-refractivity contribution in [3.05, 3.63) is 23.3 Å². The van der Waals surface area contributed by atoms with Gasteiger partial charge < -0.3 is 10.6 Å². The van der Waals surface area contributed by atoms with Gasteiger partial charge in [-0.3, -0.25) is 9.59 Å². The van der Waals surface area contributed by atoms with E-state index in [-0.39, 0.29) is 23.9 Å². The predicted molar refractivity (Wildman–Crippen MR) is 89.4 cm³/mol. The molecule has 0 aliphatic rings. The van der Waals surface area contributed by atoms with Crippen LogP contribution in [0.5, 0.6) is 0 Å². The first-order chi connectivity index (χ1) is 10.2. The molecule has 124 valence electrons. The molecular formula is C17H28N2O3. The molecule has 5 heteroatoms. The second-order valence-electron chi connectivity index (χ2n) is 5.68. The van der Waals surface area contributed by atoms with Crippen molar-refractivity contribution >= 4 is 18.0 Å². The molecule has 0 heterocycles. The van der Waals surface area contributed by atoms with Crippen molar-refractivity contribution in [3.63, 3.8) is 0 Å². The van der Waals surface area contributed by atoms with Gasteiger partial charge in [0.2, 0.25) is 0 Å². The standard InChI is InChI=1S/C17H28N2O3/c1-7-9-13(5)14(10-8-2)15(19-22-11-20)17(6,18)16(21)12(3)4/h9-12H,7-8,18H2,1-6H3/b13-9-,14-10+,19-15-. The minimum absolute atomic E-state index is 0.160. The van der Waals surface area contributed by atoms with Crippen molar-refractivity contribution in [3.8, 4) is 0 Å². The van der Waals surface area contributed by atoms with Gasteiger partial charge in [0.25, 0.3) is 0 Å². The molecule has 0 saturated heterocycles. The highest BCUT2D eigenvalue weighted by Gasteiger charge is 2.38. The van der Waals surface area contributed by atoms with E-state index in [0.29, 0.717) is 0 Å². The number of rotatable bonds is 9. The minimum atomic E-state index is -1.33. The third kappa shape index (κ3) is 5.22. The first-order valence-electron chi connectivity index (χ1n) is 7.62. The number of hydrogen-bond acceptors (Lipinski definition) is 5. The Labute approximate surface area is 133 Å². The van der Waals surface area contributed by atoms with E-state index in [9.17, 15) is 9.59 Å². The lowest BCUT2D eigenvalue weighted by Gasteiger charge is -2.28. The topological polar surface area (TPSA) is 81.8 Å². The largest absolute Gasteiger partial charge is 0.323 e. The lowest BCUT2D eigenvalue weighted by Crippen LogP contribution is -2.54. The molecule has 5 nitrogen and oxygen atoms in total. The molecule has 1 atom stereocenters. The smallest absolute Gasteiger partial charge is 0.321 e. The molecule has 0 bridgehead atoms. The van der Waals surface area contributed by atoms with Gasteiger partial charge in [-0.05, 0) is 32.3 Å². The number of nitrogens with two attached hydrogens (primary N) is 1. The Morgan fingerprint density at radius 3 is 2.23 bits per heavy atom. The molecule has 0 aromatic heterocycles. The van der Waals surface area contributed by atoms with Gasteiger partial charge in [0.15, 0.2) is 5.78 Å². The van der Waals surface area contributed by atoms with Gasteiger partial charge in [0.05, 0.1) is 0 Å². The van der Waals surface area contributed by atoms with Crippen molar-refractivity contribution in [2.45, 2.75) is 59.9 Å². The molecule has 1 unspecified atom stereocenters. The summed E-state index contributed by atoms with van der Waals surface area (Å²) >= 11 is 0. The SMILES string of the molecule is CC\C=C(C)/C(=C\CC)C(=N/OC=O)/C(C)(N)C(=O)C(C)C. The van der Waals surface area contributed by atoms with Crippen LogP contribution in [0.4, 0.5) is 0 Å². The van der Waals surface area contributed by atoms with Crippen LogP contribution in [-0.4, -0.2) is 23.5 Å². The highest BCUT2D eigenvalue weighted by molar-refractivity contribution is 6.22. The van der Waals surface area contributed by atoms with E-state index in [2.05, 4.69) is 9.99 Å². The van der Waals surface area contributed by atoms with Gasteiger partial charge in [-0.15, -0.1) is 0 Å². The van der Waals surface area contributed by atoms with Crippen LogP contribution in [0.15, 0.2) is 28.5 Å². The molecule has 0 amide bonds. The van der Waals surface area contributed by atoms with Crippen LogP contribution in [0.1, 0.15) is 54.4 Å². The first kappa shape index (κ1) is 20.2. The van der Waals surface area contributed by atoms with Crippen LogP contribution < -0.4 is 5.73 Å². The molecule has 0 saturated carbocycles. The second-order valence-corrected chi connectivity index (χ2v) is 5.68. The molecule has 2 N–H and O–H groups in total. The number of ketones is 1. The van der Waals surface area contributed by atoms with Gasteiger partial charge >= 0.3 is 6.47 Å². The van der Waals surface area contributed by atoms with Crippen molar-refractivity contribution < 1.29 is 14.4 Å². The Kier molecular flexibility index (Phi) is 8.56. The number of carbonyl (C=O) groups is 2. The molecule has 0 rings (SSSR count).